The number of carbonyl (C=O) groups is 2. The molecule has 6 aliphatic heterocycles. The van der Waals surface area contributed by atoms with Gasteiger partial charge in [-0.1, -0.05) is 34.1 Å². The lowest BCUT2D eigenvalue weighted by Crippen LogP contribution is -2.71. The lowest BCUT2D eigenvalue weighted by Gasteiger charge is -2.58. The fraction of sp³-hybridized carbons (Fsp3) is 0.941. The summed E-state index contributed by atoms with van der Waals surface area (Å²) in [7, 11) is 0. The zero-order valence-electron chi connectivity index (χ0n) is 27.1. The normalized spacial score (nSPS) is 35.5. The molecule has 6 heteroatoms. The second kappa shape index (κ2) is 11.5. The van der Waals surface area contributed by atoms with Crippen molar-refractivity contribution in [1.82, 2.24) is 19.6 Å². The van der Waals surface area contributed by atoms with E-state index in [4.69, 9.17) is 0 Å². The molecule has 8 fully saturated rings. The average molecular weight is 557 g/mol. The van der Waals surface area contributed by atoms with E-state index < -0.39 is 0 Å². The van der Waals surface area contributed by atoms with Gasteiger partial charge in [-0.25, -0.2) is 0 Å². The summed E-state index contributed by atoms with van der Waals surface area (Å²) in [6.07, 6.45) is 11.8. The van der Waals surface area contributed by atoms with Crippen molar-refractivity contribution < 1.29 is 9.59 Å². The molecular weight excluding hydrogens is 496 g/mol. The van der Waals surface area contributed by atoms with E-state index in [2.05, 4.69) is 75.0 Å². The molecule has 0 aromatic rings. The Morgan fingerprint density at radius 2 is 1.02 bits per heavy atom. The maximum atomic E-state index is 12.9. The Kier molecular flexibility index (Phi) is 8.72. The van der Waals surface area contributed by atoms with Crippen LogP contribution in [0.15, 0.2) is 0 Å². The van der Waals surface area contributed by atoms with Gasteiger partial charge in [0.1, 0.15) is 0 Å². The van der Waals surface area contributed by atoms with Crippen molar-refractivity contribution in [2.24, 2.45) is 22.7 Å². The molecule has 8 aliphatic rings. The molecular formula is C34H60N4O2. The molecule has 0 N–H and O–H groups in total. The quantitative estimate of drug-likeness (QED) is 0.440. The van der Waals surface area contributed by atoms with Gasteiger partial charge in [0.25, 0.3) is 0 Å². The van der Waals surface area contributed by atoms with Gasteiger partial charge in [0.05, 0.1) is 0 Å². The monoisotopic (exact) mass is 556 g/mol. The van der Waals surface area contributed by atoms with Crippen molar-refractivity contribution in [1.29, 1.82) is 0 Å². The SMILES string of the molecule is CC(C)N1CC2CC(C1)N2C(=O)C1CCC(C)(C)CC1.CC(C)N1CC2CC(C1)N2C(=O)C1CCCC(C)(C)C1. The van der Waals surface area contributed by atoms with Gasteiger partial charge in [-0.2, -0.15) is 0 Å². The molecule has 2 saturated carbocycles. The summed E-state index contributed by atoms with van der Waals surface area (Å²) in [6.45, 7) is 22.8. The Labute approximate surface area is 245 Å². The molecule has 6 heterocycles. The van der Waals surface area contributed by atoms with Crippen LogP contribution in [-0.2, 0) is 9.59 Å². The summed E-state index contributed by atoms with van der Waals surface area (Å²) in [4.78, 5) is 35.2. The van der Waals surface area contributed by atoms with Crippen LogP contribution >= 0.6 is 0 Å². The Morgan fingerprint density at radius 3 is 1.43 bits per heavy atom. The summed E-state index contributed by atoms with van der Waals surface area (Å²) >= 11 is 0. The van der Waals surface area contributed by atoms with E-state index in [1.807, 2.05) is 0 Å². The summed E-state index contributed by atoms with van der Waals surface area (Å²) in [5.74, 6) is 1.57. The van der Waals surface area contributed by atoms with Crippen molar-refractivity contribution in [3.05, 3.63) is 0 Å². The van der Waals surface area contributed by atoms with Crippen molar-refractivity contribution in [3.8, 4) is 0 Å². The van der Waals surface area contributed by atoms with Crippen molar-refractivity contribution >= 4 is 11.8 Å². The summed E-state index contributed by atoms with van der Waals surface area (Å²) in [5.41, 5.74) is 0.818. The van der Waals surface area contributed by atoms with Crippen molar-refractivity contribution in [2.75, 3.05) is 26.2 Å². The fourth-order valence-corrected chi connectivity index (χ4v) is 8.82. The van der Waals surface area contributed by atoms with Crippen molar-refractivity contribution in [3.63, 3.8) is 0 Å². The predicted molar refractivity (Wildman–Crippen MR) is 163 cm³/mol. The molecule has 5 atom stereocenters. The zero-order chi connectivity index (χ0) is 29.0. The zero-order valence-corrected chi connectivity index (χ0v) is 27.1. The van der Waals surface area contributed by atoms with E-state index in [1.54, 1.807) is 0 Å². The predicted octanol–water partition coefficient (Wildman–Crippen LogP) is 5.79. The van der Waals surface area contributed by atoms with Gasteiger partial charge < -0.3 is 9.80 Å². The van der Waals surface area contributed by atoms with E-state index in [9.17, 15) is 9.59 Å². The molecule has 6 nitrogen and oxygen atoms in total. The van der Waals surface area contributed by atoms with Gasteiger partial charge in [-0.05, 0) is 96.3 Å². The maximum absolute atomic E-state index is 12.9. The molecule has 0 spiro atoms. The number of carbonyl (C=O) groups excluding carboxylic acids is 2. The first kappa shape index (κ1) is 30.3. The number of amides is 2. The van der Waals surface area contributed by atoms with Crippen LogP contribution in [0.3, 0.4) is 0 Å². The minimum absolute atomic E-state index is 0.301. The summed E-state index contributed by atoms with van der Waals surface area (Å²) < 4.78 is 0. The first-order chi connectivity index (χ1) is 18.7. The molecule has 4 bridgehead atoms. The van der Waals surface area contributed by atoms with Crippen LogP contribution in [0.5, 0.6) is 0 Å². The molecule has 5 unspecified atom stereocenters. The third-order valence-corrected chi connectivity index (χ3v) is 11.7. The first-order valence-corrected chi connectivity index (χ1v) is 16.9. The lowest BCUT2D eigenvalue weighted by molar-refractivity contribution is -0.162. The van der Waals surface area contributed by atoms with Crippen LogP contribution in [0.4, 0.5) is 0 Å². The number of piperazine rings is 2. The number of piperidine rings is 2. The number of hydrogen-bond donors (Lipinski definition) is 0. The smallest absolute Gasteiger partial charge is 0.226 e. The molecule has 2 aliphatic carbocycles. The Morgan fingerprint density at radius 1 is 0.600 bits per heavy atom. The second-order valence-electron chi connectivity index (χ2n) is 16.6. The molecule has 0 radical (unpaired) electrons. The number of hydrogen-bond acceptors (Lipinski definition) is 4. The van der Waals surface area contributed by atoms with Crippen LogP contribution in [0.2, 0.25) is 0 Å². The number of rotatable bonds is 4. The van der Waals surface area contributed by atoms with Crippen molar-refractivity contribution in [2.45, 2.75) is 156 Å². The summed E-state index contributed by atoms with van der Waals surface area (Å²) in [6, 6.07) is 3.28. The third kappa shape index (κ3) is 6.28. The van der Waals surface area contributed by atoms with Gasteiger partial charge in [-0.15, -0.1) is 0 Å². The highest BCUT2D eigenvalue weighted by Crippen LogP contribution is 2.43. The Balaban J connectivity index is 0.000000161. The topological polar surface area (TPSA) is 47.1 Å². The molecule has 0 aromatic carbocycles. The fourth-order valence-electron chi connectivity index (χ4n) is 8.82. The molecule has 228 valence electrons. The second-order valence-corrected chi connectivity index (χ2v) is 16.6. The van der Waals surface area contributed by atoms with E-state index in [0.717, 1.165) is 51.9 Å². The van der Waals surface area contributed by atoms with Crippen LogP contribution in [0.25, 0.3) is 0 Å². The highest BCUT2D eigenvalue weighted by Gasteiger charge is 2.50. The standard InChI is InChI=1S/2C17H30N2O/c1-12(2)18-10-14-9-15(11-18)19(14)16(20)13-5-7-17(3,4)8-6-13;1-12(2)18-10-14-8-15(11-18)19(14)16(20)13-6-5-7-17(3,4)9-13/h2*12-15H,5-11H2,1-4H3. The van der Waals surface area contributed by atoms with Gasteiger partial charge in [0.15, 0.2) is 0 Å². The Hall–Kier alpha value is -1.14. The highest BCUT2D eigenvalue weighted by molar-refractivity contribution is 5.81. The van der Waals surface area contributed by atoms with Crippen LogP contribution in [0.1, 0.15) is 120 Å². The minimum atomic E-state index is 0.301. The molecule has 40 heavy (non-hydrogen) atoms. The molecule has 2 amide bonds. The van der Waals surface area contributed by atoms with Crippen LogP contribution in [0, 0.1) is 22.7 Å². The number of nitrogens with zero attached hydrogens (tertiary/aromatic N) is 4. The largest absolute Gasteiger partial charge is 0.334 e. The maximum Gasteiger partial charge on any atom is 0.226 e. The molecule has 8 rings (SSSR count). The van der Waals surface area contributed by atoms with Crippen LogP contribution < -0.4 is 0 Å². The Bertz CT molecular complexity index is 895. The van der Waals surface area contributed by atoms with Gasteiger partial charge in [0.2, 0.25) is 11.8 Å². The third-order valence-electron chi connectivity index (χ3n) is 11.7. The van der Waals surface area contributed by atoms with Gasteiger partial charge >= 0.3 is 0 Å². The first-order valence-electron chi connectivity index (χ1n) is 16.9. The van der Waals surface area contributed by atoms with E-state index >= 15 is 0 Å². The number of fused-ring (bicyclic) bond motifs is 4. The van der Waals surface area contributed by atoms with Gasteiger partial charge in [0, 0.05) is 74.3 Å². The van der Waals surface area contributed by atoms with Gasteiger partial charge in [-0.3, -0.25) is 19.4 Å². The van der Waals surface area contributed by atoms with E-state index in [1.165, 1.54) is 38.5 Å². The summed E-state index contributed by atoms with van der Waals surface area (Å²) in [5, 5.41) is 0. The lowest BCUT2D eigenvalue weighted by atomic mass is 9.71. The van der Waals surface area contributed by atoms with E-state index in [-0.39, 0.29) is 0 Å². The molecule has 0 aromatic heterocycles. The average Bonchev–Trinajstić information content (AvgIpc) is 2.88. The molecule has 6 saturated heterocycles. The van der Waals surface area contributed by atoms with E-state index in [0.29, 0.717) is 70.7 Å². The highest BCUT2D eigenvalue weighted by atomic mass is 16.2. The van der Waals surface area contributed by atoms with Crippen LogP contribution in [-0.4, -0.2) is 93.8 Å². The minimum Gasteiger partial charge on any atom is -0.334 e.